The van der Waals surface area contributed by atoms with Gasteiger partial charge in [0.15, 0.2) is 5.84 Å². The maximum atomic E-state index is 10.9. The second-order valence-corrected chi connectivity index (χ2v) is 7.25. The van der Waals surface area contributed by atoms with Crippen LogP contribution in [0.25, 0.3) is 0 Å². The Morgan fingerprint density at radius 2 is 1.73 bits per heavy atom. The van der Waals surface area contributed by atoms with Gasteiger partial charge in [-0.05, 0) is 26.0 Å². The Bertz CT molecular complexity index is 879. The highest BCUT2D eigenvalue weighted by Crippen LogP contribution is 2.45. The molecule has 0 unspecified atom stereocenters. The maximum Gasteiger partial charge on any atom is 0.269 e. The van der Waals surface area contributed by atoms with Crippen molar-refractivity contribution in [1.82, 2.24) is 4.90 Å². The highest BCUT2D eigenvalue weighted by molar-refractivity contribution is 6.02. The van der Waals surface area contributed by atoms with Crippen molar-refractivity contribution in [1.29, 1.82) is 0 Å². The van der Waals surface area contributed by atoms with Gasteiger partial charge in [-0.15, -0.1) is 5.10 Å². The third-order valence-corrected chi connectivity index (χ3v) is 4.86. The number of anilines is 1. The fraction of sp³-hybridized carbons (Fsp3) is 0.316. The molecular formula is C19H20N4O3. The summed E-state index contributed by atoms with van der Waals surface area (Å²) in [6.07, 6.45) is 0. The van der Waals surface area contributed by atoms with Crippen LogP contribution in [0.5, 0.6) is 0 Å². The first-order valence-corrected chi connectivity index (χ1v) is 8.46. The summed E-state index contributed by atoms with van der Waals surface area (Å²) < 4.78 is 6.18. The number of nitrogens with zero attached hydrogens (tertiary/aromatic N) is 4. The smallest absolute Gasteiger partial charge is 0.269 e. The highest BCUT2D eigenvalue weighted by Gasteiger charge is 2.58. The lowest BCUT2D eigenvalue weighted by molar-refractivity contribution is -0.384. The summed E-state index contributed by atoms with van der Waals surface area (Å²) in [6.45, 7) is 6.77. The van der Waals surface area contributed by atoms with Crippen molar-refractivity contribution in [3.63, 3.8) is 0 Å². The lowest BCUT2D eigenvalue weighted by Crippen LogP contribution is -2.55. The maximum absolute atomic E-state index is 10.9. The Hall–Kier alpha value is -2.93. The summed E-state index contributed by atoms with van der Waals surface area (Å²) in [5.74, 6) is 0.0408. The number of ether oxygens (including phenoxy) is 1. The fourth-order valence-electron chi connectivity index (χ4n) is 3.66. The number of hydrogen-bond acceptors (Lipinski definition) is 6. The van der Waals surface area contributed by atoms with E-state index in [2.05, 4.69) is 18.7 Å². The molecule has 2 aliphatic heterocycles. The normalized spacial score (nSPS) is 23.7. The van der Waals surface area contributed by atoms with Crippen LogP contribution in [0.3, 0.4) is 0 Å². The minimum Gasteiger partial charge on any atom is -0.334 e. The molecule has 7 nitrogen and oxygen atoms in total. The van der Waals surface area contributed by atoms with Gasteiger partial charge in [-0.2, -0.15) is 0 Å². The van der Waals surface area contributed by atoms with Crippen LogP contribution in [0.4, 0.5) is 11.4 Å². The number of non-ortho nitro benzene ring substituents is 1. The van der Waals surface area contributed by atoms with Gasteiger partial charge in [0.1, 0.15) is 0 Å². The molecule has 1 saturated heterocycles. The zero-order valence-electron chi connectivity index (χ0n) is 14.9. The number of benzene rings is 2. The standard InChI is InChI=1S/C19H20N4O3/c1-18(2)13-26-19(3)21(18)17(14-7-5-4-6-8-14)20-22(19)15-9-11-16(12-10-15)23(24)25/h4-12H,13H2,1-3H3/t19-/m0/s1. The quantitative estimate of drug-likeness (QED) is 0.624. The van der Waals surface area contributed by atoms with Crippen molar-refractivity contribution in [2.24, 2.45) is 5.10 Å². The molecular weight excluding hydrogens is 332 g/mol. The van der Waals surface area contributed by atoms with Gasteiger partial charge in [-0.1, -0.05) is 30.3 Å². The van der Waals surface area contributed by atoms with Crippen molar-refractivity contribution in [2.45, 2.75) is 32.2 Å². The van der Waals surface area contributed by atoms with Gasteiger partial charge in [-0.25, -0.2) is 5.01 Å². The number of fused-ring (bicyclic) bond motifs is 1. The van der Waals surface area contributed by atoms with E-state index >= 15 is 0 Å². The predicted octanol–water partition coefficient (Wildman–Crippen LogP) is 3.56. The minimum atomic E-state index is -0.787. The van der Waals surface area contributed by atoms with Crippen LogP contribution in [-0.2, 0) is 4.74 Å². The van der Waals surface area contributed by atoms with Crippen molar-refractivity contribution < 1.29 is 9.66 Å². The fourth-order valence-corrected chi connectivity index (χ4v) is 3.66. The van der Waals surface area contributed by atoms with E-state index in [0.717, 1.165) is 17.1 Å². The van der Waals surface area contributed by atoms with E-state index in [4.69, 9.17) is 9.84 Å². The molecule has 0 saturated carbocycles. The molecule has 26 heavy (non-hydrogen) atoms. The van der Waals surface area contributed by atoms with Crippen molar-refractivity contribution >= 4 is 17.2 Å². The van der Waals surface area contributed by atoms with Crippen LogP contribution in [-0.4, -0.2) is 33.7 Å². The lowest BCUT2D eigenvalue weighted by atomic mass is 10.0. The van der Waals surface area contributed by atoms with Gasteiger partial charge in [-0.3, -0.25) is 10.1 Å². The first kappa shape index (κ1) is 16.5. The van der Waals surface area contributed by atoms with Crippen LogP contribution in [0, 0.1) is 10.1 Å². The van der Waals surface area contributed by atoms with Gasteiger partial charge in [0.25, 0.3) is 5.69 Å². The third kappa shape index (κ3) is 2.35. The molecule has 0 bridgehead atoms. The number of nitro benzene ring substituents is 1. The van der Waals surface area contributed by atoms with Gasteiger partial charge < -0.3 is 9.64 Å². The molecule has 2 heterocycles. The summed E-state index contributed by atoms with van der Waals surface area (Å²) in [6, 6.07) is 16.3. The van der Waals surface area contributed by atoms with E-state index in [9.17, 15) is 10.1 Å². The molecule has 0 aromatic heterocycles. The van der Waals surface area contributed by atoms with Crippen LogP contribution < -0.4 is 5.01 Å². The zero-order chi connectivity index (χ0) is 18.5. The summed E-state index contributed by atoms with van der Waals surface area (Å²) in [4.78, 5) is 12.7. The first-order valence-electron chi connectivity index (χ1n) is 8.46. The molecule has 1 fully saturated rings. The highest BCUT2D eigenvalue weighted by atomic mass is 16.6. The Kier molecular flexibility index (Phi) is 3.52. The molecule has 7 heteroatoms. The summed E-state index contributed by atoms with van der Waals surface area (Å²) in [5.41, 5.74) is 1.56. The van der Waals surface area contributed by atoms with E-state index in [0.29, 0.717) is 6.61 Å². The molecule has 0 aliphatic carbocycles. The van der Waals surface area contributed by atoms with Crippen LogP contribution >= 0.6 is 0 Å². The van der Waals surface area contributed by atoms with E-state index in [-0.39, 0.29) is 11.2 Å². The molecule has 2 aliphatic rings. The van der Waals surface area contributed by atoms with Crippen molar-refractivity contribution in [3.8, 4) is 0 Å². The van der Waals surface area contributed by atoms with Gasteiger partial charge in [0, 0.05) is 24.6 Å². The minimum absolute atomic E-state index is 0.0508. The molecule has 134 valence electrons. The SMILES string of the molecule is CC1(C)CO[C@]2(C)N(c3ccc([N+](=O)[O-])cc3)N=C(c3ccccc3)N12. The van der Waals surface area contributed by atoms with Crippen LogP contribution in [0.15, 0.2) is 59.7 Å². The number of hydrazone groups is 1. The van der Waals surface area contributed by atoms with Crippen molar-refractivity contribution in [2.75, 3.05) is 11.6 Å². The van der Waals surface area contributed by atoms with E-state index in [1.807, 2.05) is 37.3 Å². The molecule has 0 N–H and O–H groups in total. The molecule has 0 amide bonds. The molecule has 1 atom stereocenters. The number of rotatable bonds is 3. The third-order valence-electron chi connectivity index (χ3n) is 4.86. The average Bonchev–Trinajstić information content (AvgIpc) is 3.07. The second-order valence-electron chi connectivity index (χ2n) is 7.25. The number of hydrogen-bond donors (Lipinski definition) is 0. The largest absolute Gasteiger partial charge is 0.334 e. The van der Waals surface area contributed by atoms with E-state index in [1.54, 1.807) is 17.1 Å². The molecule has 4 rings (SSSR count). The van der Waals surface area contributed by atoms with Gasteiger partial charge in [0.05, 0.1) is 22.8 Å². The van der Waals surface area contributed by atoms with Gasteiger partial charge in [0.2, 0.25) is 5.85 Å². The first-order chi connectivity index (χ1) is 12.3. The van der Waals surface area contributed by atoms with Crippen LogP contribution in [0.2, 0.25) is 0 Å². The molecule has 0 spiro atoms. The molecule has 0 radical (unpaired) electrons. The van der Waals surface area contributed by atoms with Crippen molar-refractivity contribution in [3.05, 3.63) is 70.3 Å². The lowest BCUT2D eigenvalue weighted by Gasteiger charge is -2.39. The zero-order valence-corrected chi connectivity index (χ0v) is 14.9. The predicted molar refractivity (Wildman–Crippen MR) is 98.8 cm³/mol. The Labute approximate surface area is 151 Å². The van der Waals surface area contributed by atoms with E-state index in [1.165, 1.54) is 12.1 Å². The summed E-state index contributed by atoms with van der Waals surface area (Å²) >= 11 is 0. The van der Waals surface area contributed by atoms with Crippen LogP contribution in [0.1, 0.15) is 26.3 Å². The average molecular weight is 352 g/mol. The van der Waals surface area contributed by atoms with E-state index < -0.39 is 10.8 Å². The van der Waals surface area contributed by atoms with Gasteiger partial charge >= 0.3 is 0 Å². The monoisotopic (exact) mass is 352 g/mol. The second kappa shape index (κ2) is 5.54. The number of amidine groups is 1. The number of nitro groups is 1. The molecule has 2 aromatic carbocycles. The topological polar surface area (TPSA) is 71.2 Å². The Morgan fingerprint density at radius 3 is 2.35 bits per heavy atom. The Balaban J connectivity index is 1.82. The molecule has 2 aromatic rings. The summed E-state index contributed by atoms with van der Waals surface area (Å²) in [5, 5.41) is 17.6. The summed E-state index contributed by atoms with van der Waals surface area (Å²) in [7, 11) is 0. The Morgan fingerprint density at radius 1 is 1.08 bits per heavy atom.